The predicted molar refractivity (Wildman–Crippen MR) is 109 cm³/mol. The zero-order valence-electron chi connectivity index (χ0n) is 16.5. The van der Waals surface area contributed by atoms with Crippen LogP contribution in [0.5, 0.6) is 5.88 Å². The number of hydrogen-bond acceptors (Lipinski definition) is 7. The minimum atomic E-state index is -5.82. The summed E-state index contributed by atoms with van der Waals surface area (Å²) in [6.45, 7) is 4.04. The lowest BCUT2D eigenvalue weighted by Crippen LogP contribution is -2.34. The number of pyridine rings is 1. The first kappa shape index (κ1) is 21.3. The highest BCUT2D eigenvalue weighted by atomic mass is 32.2. The van der Waals surface area contributed by atoms with E-state index in [0.29, 0.717) is 11.5 Å². The normalized spacial score (nSPS) is 17.7. The summed E-state index contributed by atoms with van der Waals surface area (Å²) in [5.41, 5.74) is -3.29. The van der Waals surface area contributed by atoms with Crippen molar-refractivity contribution in [2.24, 2.45) is 5.92 Å². The Morgan fingerprint density at radius 3 is 2.65 bits per heavy atom. The van der Waals surface area contributed by atoms with E-state index in [2.05, 4.69) is 31.0 Å². The summed E-state index contributed by atoms with van der Waals surface area (Å²) < 4.78 is 64.5. The highest BCUT2D eigenvalue weighted by Crippen LogP contribution is 2.32. The zero-order chi connectivity index (χ0) is 22.2. The fourth-order valence-electron chi connectivity index (χ4n) is 3.64. The number of alkyl halides is 3. The molecule has 0 aliphatic carbocycles. The van der Waals surface area contributed by atoms with Gasteiger partial charge in [-0.1, -0.05) is 6.92 Å². The molecule has 1 aromatic carbocycles. The lowest BCUT2D eigenvalue weighted by molar-refractivity contribution is -0.0501. The smallest absolute Gasteiger partial charge is 0.371 e. The molecule has 0 spiro atoms. The van der Waals surface area contributed by atoms with Gasteiger partial charge in [0.05, 0.1) is 5.52 Å². The topological polar surface area (TPSA) is 85.3 Å². The van der Waals surface area contributed by atoms with Crippen molar-refractivity contribution in [3.05, 3.63) is 42.7 Å². The third-order valence-electron chi connectivity index (χ3n) is 5.08. The number of rotatable bonds is 4. The van der Waals surface area contributed by atoms with E-state index in [9.17, 15) is 21.6 Å². The van der Waals surface area contributed by atoms with Crippen molar-refractivity contribution in [1.82, 2.24) is 15.0 Å². The number of anilines is 1. The minimum Gasteiger partial charge on any atom is -0.371 e. The van der Waals surface area contributed by atoms with Gasteiger partial charge >= 0.3 is 15.6 Å². The summed E-state index contributed by atoms with van der Waals surface area (Å²) in [7, 11) is -5.82. The molecular formula is C20H19F3N4O3S. The Bertz CT molecular complexity index is 1220. The molecule has 3 heterocycles. The van der Waals surface area contributed by atoms with E-state index in [-0.39, 0.29) is 5.82 Å². The van der Waals surface area contributed by atoms with Gasteiger partial charge in [-0.2, -0.15) is 26.6 Å². The van der Waals surface area contributed by atoms with Gasteiger partial charge in [0, 0.05) is 48.2 Å². The third-order valence-corrected chi connectivity index (χ3v) is 6.04. The zero-order valence-corrected chi connectivity index (χ0v) is 17.3. The van der Waals surface area contributed by atoms with Crippen LogP contribution in [-0.4, -0.2) is 42.0 Å². The lowest BCUT2D eigenvalue weighted by Gasteiger charge is -2.33. The Morgan fingerprint density at radius 2 is 1.90 bits per heavy atom. The van der Waals surface area contributed by atoms with E-state index in [0.717, 1.165) is 48.4 Å². The van der Waals surface area contributed by atoms with Crippen molar-refractivity contribution in [1.29, 1.82) is 0 Å². The van der Waals surface area contributed by atoms with Crippen LogP contribution in [0.2, 0.25) is 0 Å². The first-order valence-corrected chi connectivity index (χ1v) is 11.0. The maximum atomic E-state index is 12.6. The average molecular weight is 452 g/mol. The van der Waals surface area contributed by atoms with Gasteiger partial charge < -0.3 is 9.08 Å². The Balaban J connectivity index is 1.71. The molecule has 1 fully saturated rings. The second-order valence-corrected chi connectivity index (χ2v) is 8.99. The number of halogens is 3. The molecule has 0 saturated carbocycles. The van der Waals surface area contributed by atoms with E-state index in [1.165, 1.54) is 6.42 Å². The van der Waals surface area contributed by atoms with E-state index < -0.39 is 21.5 Å². The fraction of sp³-hybridized carbons (Fsp3) is 0.350. The molecule has 0 bridgehead atoms. The van der Waals surface area contributed by atoms with Crippen molar-refractivity contribution in [2.75, 3.05) is 18.0 Å². The van der Waals surface area contributed by atoms with E-state index in [4.69, 9.17) is 0 Å². The molecule has 1 saturated heterocycles. The molecule has 2 aromatic heterocycles. The maximum absolute atomic E-state index is 12.6. The van der Waals surface area contributed by atoms with Crippen molar-refractivity contribution >= 4 is 26.7 Å². The van der Waals surface area contributed by atoms with Crippen LogP contribution in [0.3, 0.4) is 0 Å². The molecule has 31 heavy (non-hydrogen) atoms. The van der Waals surface area contributed by atoms with Crippen molar-refractivity contribution in [3.63, 3.8) is 0 Å². The van der Waals surface area contributed by atoms with Crippen LogP contribution in [0, 0.1) is 5.92 Å². The van der Waals surface area contributed by atoms with Gasteiger partial charge in [-0.3, -0.25) is 4.98 Å². The number of fused-ring (bicyclic) bond motifs is 1. The number of aromatic nitrogens is 3. The van der Waals surface area contributed by atoms with Gasteiger partial charge in [-0.25, -0.2) is 4.98 Å². The molecule has 0 radical (unpaired) electrons. The summed E-state index contributed by atoms with van der Waals surface area (Å²) in [5, 5.41) is 0.854. The first-order chi connectivity index (χ1) is 14.6. The van der Waals surface area contributed by atoms with Crippen LogP contribution in [0.15, 0.2) is 42.7 Å². The molecule has 164 valence electrons. The average Bonchev–Trinajstić information content (AvgIpc) is 2.72. The molecule has 11 heteroatoms. The Labute approximate surface area is 177 Å². The minimum absolute atomic E-state index is 0.0404. The summed E-state index contributed by atoms with van der Waals surface area (Å²) in [5.74, 6) is -0.106. The number of hydrogen-bond donors (Lipinski definition) is 0. The third kappa shape index (κ3) is 4.41. The van der Waals surface area contributed by atoms with E-state index in [1.54, 1.807) is 24.4 Å². The van der Waals surface area contributed by atoms with Crippen molar-refractivity contribution in [2.45, 2.75) is 25.3 Å². The van der Waals surface area contributed by atoms with Crippen molar-refractivity contribution < 1.29 is 25.8 Å². The fourth-order valence-corrected chi connectivity index (χ4v) is 4.05. The SMILES string of the molecule is CC1CCCN(c2ccnc3ccc(-c4nccc(OS(=O)(=O)C(F)(F)F)n4)cc23)C1. The van der Waals surface area contributed by atoms with Crippen LogP contribution < -0.4 is 9.08 Å². The molecular weight excluding hydrogens is 433 g/mol. The molecule has 4 rings (SSSR count). The second-order valence-electron chi connectivity index (χ2n) is 7.46. The molecule has 1 aliphatic heterocycles. The van der Waals surface area contributed by atoms with Gasteiger partial charge in [0.2, 0.25) is 5.88 Å². The van der Waals surface area contributed by atoms with Gasteiger partial charge in [-0.05, 0) is 43.0 Å². The summed E-state index contributed by atoms with van der Waals surface area (Å²) in [4.78, 5) is 14.6. The van der Waals surface area contributed by atoms with Crippen LogP contribution in [-0.2, 0) is 10.1 Å². The second kappa shape index (κ2) is 7.95. The van der Waals surface area contributed by atoms with Crippen molar-refractivity contribution in [3.8, 4) is 17.3 Å². The molecule has 0 amide bonds. The summed E-state index contributed by atoms with van der Waals surface area (Å²) in [6, 6.07) is 8.13. The number of benzene rings is 1. The monoisotopic (exact) mass is 452 g/mol. The Morgan fingerprint density at radius 1 is 1.13 bits per heavy atom. The first-order valence-electron chi connectivity index (χ1n) is 9.62. The van der Waals surface area contributed by atoms with Crippen LogP contribution in [0.1, 0.15) is 19.8 Å². The standard InChI is InChI=1S/C20H19F3N4O3S/c1-13-3-2-10-27(12-13)17-6-8-24-16-5-4-14(11-15(16)17)19-25-9-7-18(26-19)30-31(28,29)20(21,22)23/h4-9,11,13H,2-3,10,12H2,1H3. The Kier molecular flexibility index (Phi) is 5.46. The molecule has 1 atom stereocenters. The summed E-state index contributed by atoms with van der Waals surface area (Å²) >= 11 is 0. The van der Waals surface area contributed by atoms with Crippen LogP contribution in [0.25, 0.3) is 22.3 Å². The van der Waals surface area contributed by atoms with Gasteiger partial charge in [0.15, 0.2) is 5.82 Å². The largest absolute Gasteiger partial charge is 0.534 e. The lowest BCUT2D eigenvalue weighted by atomic mass is 9.99. The molecule has 7 nitrogen and oxygen atoms in total. The maximum Gasteiger partial charge on any atom is 0.534 e. The quantitative estimate of drug-likeness (QED) is 0.434. The molecule has 1 aliphatic rings. The van der Waals surface area contributed by atoms with Gasteiger partial charge in [0.25, 0.3) is 0 Å². The molecule has 1 unspecified atom stereocenters. The van der Waals surface area contributed by atoms with E-state index in [1.807, 2.05) is 6.07 Å². The van der Waals surface area contributed by atoms with Crippen LogP contribution in [0.4, 0.5) is 18.9 Å². The highest BCUT2D eigenvalue weighted by Gasteiger charge is 2.48. The Hall–Kier alpha value is -2.95. The predicted octanol–water partition coefficient (Wildman–Crippen LogP) is 4.16. The number of nitrogens with zero attached hydrogens (tertiary/aromatic N) is 4. The molecule has 3 aromatic rings. The van der Waals surface area contributed by atoms with Gasteiger partial charge in [0.1, 0.15) is 0 Å². The highest BCUT2D eigenvalue weighted by molar-refractivity contribution is 7.87. The molecule has 0 N–H and O–H groups in total. The number of piperidine rings is 1. The van der Waals surface area contributed by atoms with Crippen LogP contribution >= 0.6 is 0 Å². The van der Waals surface area contributed by atoms with E-state index >= 15 is 0 Å². The summed E-state index contributed by atoms with van der Waals surface area (Å²) in [6.07, 6.45) is 5.14. The van der Waals surface area contributed by atoms with Gasteiger partial charge in [-0.15, -0.1) is 0 Å².